The van der Waals surface area contributed by atoms with Crippen molar-refractivity contribution in [3.8, 4) is 0 Å². The van der Waals surface area contributed by atoms with Crippen molar-refractivity contribution < 1.29 is 9.90 Å². The van der Waals surface area contributed by atoms with Crippen LogP contribution in [0.5, 0.6) is 0 Å². The van der Waals surface area contributed by atoms with Gasteiger partial charge >= 0.3 is 0 Å². The number of aromatic nitrogens is 3. The summed E-state index contributed by atoms with van der Waals surface area (Å²) in [5, 5.41) is 18.6. The monoisotopic (exact) mass is 184 g/mol. The summed E-state index contributed by atoms with van der Waals surface area (Å²) < 4.78 is 1.65. The number of aliphatic hydroxyl groups is 1. The second-order valence-corrected chi connectivity index (χ2v) is 2.52. The number of hydrogen-bond acceptors (Lipinski definition) is 4. The van der Waals surface area contributed by atoms with Gasteiger partial charge in [0.2, 0.25) is 5.91 Å². The van der Waals surface area contributed by atoms with Crippen molar-refractivity contribution in [3.05, 3.63) is 12.2 Å². The van der Waals surface area contributed by atoms with E-state index >= 15 is 0 Å². The lowest BCUT2D eigenvalue weighted by atomic mass is 10.4. The number of rotatable bonds is 4. The molecule has 2 N–H and O–H groups in total. The van der Waals surface area contributed by atoms with Crippen LogP contribution in [0.4, 0.5) is 0 Å². The van der Waals surface area contributed by atoms with Gasteiger partial charge in [0.05, 0.1) is 0 Å². The summed E-state index contributed by atoms with van der Waals surface area (Å²) in [5.41, 5.74) is 0. The van der Waals surface area contributed by atoms with Crippen LogP contribution in [0.1, 0.15) is 12.2 Å². The van der Waals surface area contributed by atoms with Gasteiger partial charge in [-0.05, 0) is 0 Å². The maximum atomic E-state index is 10.9. The topological polar surface area (TPSA) is 80.0 Å². The van der Waals surface area contributed by atoms with Crippen molar-refractivity contribution in [2.75, 3.05) is 7.05 Å². The van der Waals surface area contributed by atoms with Gasteiger partial charge in [-0.25, -0.2) is 0 Å². The minimum absolute atomic E-state index is 0.0439. The van der Waals surface area contributed by atoms with E-state index in [1.165, 1.54) is 6.33 Å². The molecule has 1 heterocycles. The van der Waals surface area contributed by atoms with Crippen molar-refractivity contribution in [2.45, 2.75) is 19.6 Å². The molecule has 1 aromatic rings. The highest BCUT2D eigenvalue weighted by Crippen LogP contribution is 1.96. The van der Waals surface area contributed by atoms with Gasteiger partial charge in [0.1, 0.15) is 12.9 Å². The van der Waals surface area contributed by atoms with Gasteiger partial charge in [-0.3, -0.25) is 4.79 Å². The van der Waals surface area contributed by atoms with Crippen LogP contribution in [0.2, 0.25) is 0 Å². The normalized spacial score (nSPS) is 10.0. The lowest BCUT2D eigenvalue weighted by Gasteiger charge is -2.03. The van der Waals surface area contributed by atoms with Crippen molar-refractivity contribution in [1.29, 1.82) is 0 Å². The van der Waals surface area contributed by atoms with E-state index in [-0.39, 0.29) is 12.5 Å². The fourth-order valence-corrected chi connectivity index (χ4v) is 0.935. The summed E-state index contributed by atoms with van der Waals surface area (Å²) in [6, 6.07) is 0. The maximum Gasteiger partial charge on any atom is 0.221 e. The Labute approximate surface area is 75.6 Å². The Morgan fingerprint density at radius 2 is 2.54 bits per heavy atom. The third-order valence-electron chi connectivity index (χ3n) is 1.70. The number of aliphatic hydroxyl groups excluding tert-OH is 1. The summed E-state index contributed by atoms with van der Waals surface area (Å²) in [6.07, 6.45) is 1.86. The fourth-order valence-electron chi connectivity index (χ4n) is 0.935. The number of carbonyl (C=O) groups is 1. The van der Waals surface area contributed by atoms with Crippen LogP contribution in [0.15, 0.2) is 6.33 Å². The van der Waals surface area contributed by atoms with E-state index in [9.17, 15) is 4.79 Å². The van der Waals surface area contributed by atoms with E-state index in [2.05, 4.69) is 15.5 Å². The SMILES string of the molecule is CNC(=O)CCn1cnnc1CO. The van der Waals surface area contributed by atoms with Crippen molar-refractivity contribution in [2.24, 2.45) is 0 Å². The van der Waals surface area contributed by atoms with Gasteiger partial charge in [-0.2, -0.15) is 0 Å². The van der Waals surface area contributed by atoms with E-state index in [1.54, 1.807) is 11.6 Å². The molecular formula is C7H12N4O2. The Hall–Kier alpha value is -1.43. The lowest BCUT2D eigenvalue weighted by Crippen LogP contribution is -2.19. The molecule has 0 spiro atoms. The first kappa shape index (κ1) is 9.66. The lowest BCUT2D eigenvalue weighted by molar-refractivity contribution is -0.120. The molecule has 1 rings (SSSR count). The first-order chi connectivity index (χ1) is 6.27. The Kier molecular flexibility index (Phi) is 3.39. The third-order valence-corrected chi connectivity index (χ3v) is 1.70. The summed E-state index contributed by atoms with van der Waals surface area (Å²) in [6.45, 7) is 0.330. The highest BCUT2D eigenvalue weighted by molar-refractivity contribution is 5.75. The van der Waals surface area contributed by atoms with Crippen molar-refractivity contribution >= 4 is 5.91 Å². The minimum Gasteiger partial charge on any atom is -0.388 e. The molecular weight excluding hydrogens is 172 g/mol. The molecule has 0 saturated carbocycles. The van der Waals surface area contributed by atoms with Crippen LogP contribution in [0.3, 0.4) is 0 Å². The molecule has 0 radical (unpaired) electrons. The van der Waals surface area contributed by atoms with Crippen LogP contribution in [0, 0.1) is 0 Å². The summed E-state index contributed by atoms with van der Waals surface area (Å²) in [4.78, 5) is 10.9. The molecule has 0 unspecified atom stereocenters. The summed E-state index contributed by atoms with van der Waals surface area (Å²) in [7, 11) is 1.58. The highest BCUT2D eigenvalue weighted by Gasteiger charge is 2.04. The number of carbonyl (C=O) groups excluding carboxylic acids is 1. The maximum absolute atomic E-state index is 10.9. The number of aryl methyl sites for hydroxylation is 1. The molecule has 0 aliphatic rings. The zero-order valence-electron chi connectivity index (χ0n) is 7.40. The Morgan fingerprint density at radius 1 is 1.77 bits per heavy atom. The van der Waals surface area contributed by atoms with Crippen LogP contribution >= 0.6 is 0 Å². The van der Waals surface area contributed by atoms with Gasteiger partial charge in [-0.1, -0.05) is 0 Å². The standard InChI is InChI=1S/C7H12N4O2/c1-8-7(13)2-3-11-5-9-10-6(11)4-12/h5,12H,2-4H2,1H3,(H,8,13). The largest absolute Gasteiger partial charge is 0.388 e. The summed E-state index contributed by atoms with van der Waals surface area (Å²) >= 11 is 0. The van der Waals surface area contributed by atoms with E-state index in [4.69, 9.17) is 5.11 Å². The first-order valence-electron chi connectivity index (χ1n) is 3.96. The number of nitrogens with zero attached hydrogens (tertiary/aromatic N) is 3. The number of amides is 1. The molecule has 1 amide bonds. The van der Waals surface area contributed by atoms with E-state index in [0.29, 0.717) is 18.8 Å². The van der Waals surface area contributed by atoms with Crippen LogP contribution in [-0.4, -0.2) is 32.8 Å². The van der Waals surface area contributed by atoms with E-state index < -0.39 is 0 Å². The Bertz CT molecular complexity index is 284. The Morgan fingerprint density at radius 3 is 3.15 bits per heavy atom. The molecule has 0 saturated heterocycles. The molecule has 0 atom stereocenters. The molecule has 13 heavy (non-hydrogen) atoms. The smallest absolute Gasteiger partial charge is 0.221 e. The van der Waals surface area contributed by atoms with Gasteiger partial charge < -0.3 is 15.0 Å². The average molecular weight is 184 g/mol. The average Bonchev–Trinajstić information content (AvgIpc) is 2.61. The minimum atomic E-state index is -0.159. The molecule has 0 aliphatic heterocycles. The second-order valence-electron chi connectivity index (χ2n) is 2.52. The third kappa shape index (κ3) is 2.51. The molecule has 6 nitrogen and oxygen atoms in total. The quantitative estimate of drug-likeness (QED) is 0.623. The zero-order chi connectivity index (χ0) is 9.68. The molecule has 0 aliphatic carbocycles. The van der Waals surface area contributed by atoms with E-state index in [0.717, 1.165) is 0 Å². The number of nitrogens with one attached hydrogen (secondary N) is 1. The van der Waals surface area contributed by atoms with Gasteiger partial charge in [-0.15, -0.1) is 10.2 Å². The van der Waals surface area contributed by atoms with Crippen molar-refractivity contribution in [1.82, 2.24) is 20.1 Å². The molecule has 0 bridgehead atoms. The fraction of sp³-hybridized carbons (Fsp3) is 0.571. The van der Waals surface area contributed by atoms with E-state index in [1.807, 2.05) is 0 Å². The number of hydrogen-bond donors (Lipinski definition) is 2. The molecule has 0 fully saturated rings. The first-order valence-corrected chi connectivity index (χ1v) is 3.96. The van der Waals surface area contributed by atoms with Crippen molar-refractivity contribution in [3.63, 3.8) is 0 Å². The molecule has 1 aromatic heterocycles. The second kappa shape index (κ2) is 4.56. The van der Waals surface area contributed by atoms with Gasteiger partial charge in [0.25, 0.3) is 0 Å². The van der Waals surface area contributed by atoms with Crippen LogP contribution in [0.25, 0.3) is 0 Å². The Balaban J connectivity index is 2.49. The van der Waals surface area contributed by atoms with Gasteiger partial charge in [0, 0.05) is 20.0 Å². The van der Waals surface area contributed by atoms with Crippen LogP contribution < -0.4 is 5.32 Å². The molecule has 72 valence electrons. The predicted molar refractivity (Wildman–Crippen MR) is 44.6 cm³/mol. The van der Waals surface area contributed by atoms with Crippen LogP contribution in [-0.2, 0) is 17.9 Å². The molecule has 6 heteroatoms. The zero-order valence-corrected chi connectivity index (χ0v) is 7.40. The van der Waals surface area contributed by atoms with Gasteiger partial charge in [0.15, 0.2) is 5.82 Å². The summed E-state index contributed by atoms with van der Waals surface area (Å²) in [5.74, 6) is 0.432. The highest BCUT2D eigenvalue weighted by atomic mass is 16.3. The molecule has 0 aromatic carbocycles. The predicted octanol–water partition coefficient (Wildman–Crippen LogP) is -1.09.